The predicted molar refractivity (Wildman–Crippen MR) is 154 cm³/mol. The summed E-state index contributed by atoms with van der Waals surface area (Å²) in [6, 6.07) is 22.4. The van der Waals surface area contributed by atoms with Gasteiger partial charge in [0.05, 0.1) is 24.9 Å². The predicted octanol–water partition coefficient (Wildman–Crippen LogP) is 5.32. The maximum Gasteiger partial charge on any atom is 0.231 e. The molecule has 2 N–H and O–H groups in total. The number of nitrogens with zero attached hydrogens (tertiary/aromatic N) is 2. The molecule has 0 aliphatic carbocycles. The molecule has 1 amide bonds. The van der Waals surface area contributed by atoms with E-state index < -0.39 is 0 Å². The number of aromatic amines is 1. The number of carbonyl (C=O) groups is 1. The third-order valence-electron chi connectivity index (χ3n) is 7.77. The number of rotatable bonds is 9. The van der Waals surface area contributed by atoms with Crippen LogP contribution >= 0.6 is 0 Å². The number of benzene rings is 3. The molecule has 0 bridgehead atoms. The maximum absolute atomic E-state index is 13.4. The molecular weight excluding hydrogens is 504 g/mol. The summed E-state index contributed by atoms with van der Waals surface area (Å²) in [6.45, 7) is 2.83. The molecule has 0 spiro atoms. The van der Waals surface area contributed by atoms with Gasteiger partial charge in [-0.1, -0.05) is 36.4 Å². The van der Waals surface area contributed by atoms with Crippen molar-refractivity contribution in [2.45, 2.75) is 31.8 Å². The van der Waals surface area contributed by atoms with E-state index in [2.05, 4.69) is 44.7 Å². The highest BCUT2D eigenvalue weighted by Crippen LogP contribution is 2.34. The van der Waals surface area contributed by atoms with Crippen LogP contribution in [0, 0.1) is 5.92 Å². The second-order valence-corrected chi connectivity index (χ2v) is 10.4. The smallest absolute Gasteiger partial charge is 0.231 e. The van der Waals surface area contributed by atoms with Gasteiger partial charge in [0, 0.05) is 24.3 Å². The number of H-pyrrole nitrogens is 1. The van der Waals surface area contributed by atoms with Gasteiger partial charge in [0.15, 0.2) is 0 Å². The Balaban J connectivity index is 1.18. The first-order valence-electron chi connectivity index (χ1n) is 13.8. The third kappa shape index (κ3) is 5.82. The average Bonchev–Trinajstić information content (AvgIpc) is 3.69. The van der Waals surface area contributed by atoms with Crippen LogP contribution in [0.3, 0.4) is 0 Å². The topological polar surface area (TPSA) is 88.7 Å². The summed E-state index contributed by atoms with van der Waals surface area (Å²) in [6.07, 6.45) is 6.44. The van der Waals surface area contributed by atoms with Gasteiger partial charge in [-0.2, -0.15) is 5.10 Å². The number of fused-ring (bicyclic) bond motifs is 1. The number of carbonyl (C=O) groups excluding carboxylic acids is 1. The van der Waals surface area contributed by atoms with Crippen molar-refractivity contribution in [2.75, 3.05) is 32.2 Å². The van der Waals surface area contributed by atoms with Crippen molar-refractivity contribution in [2.24, 2.45) is 5.92 Å². The van der Waals surface area contributed by atoms with E-state index in [1.165, 1.54) is 5.56 Å². The zero-order valence-electron chi connectivity index (χ0n) is 22.6. The summed E-state index contributed by atoms with van der Waals surface area (Å²) in [5.74, 6) is 1.78. The van der Waals surface area contributed by atoms with Crippen LogP contribution in [0.25, 0.3) is 11.1 Å². The highest BCUT2D eigenvalue weighted by molar-refractivity contribution is 5.95. The standard InChI is InChI=1S/C32H34N4O4/c1-38-28-10-12-30-24(15-28)14-25(20-39-30)32(37)35-29-11-9-23(26-17-33-34-18-26)16-31(29)40-21-27-8-5-13-36(27)19-22-6-3-2-4-7-22/h2-4,6-7,9-12,15-18,25,27H,5,8,13-14,19-21H2,1H3,(H,33,34)(H,35,37)/t25-,27+/m1/s1. The van der Waals surface area contributed by atoms with E-state index in [0.29, 0.717) is 37.1 Å². The zero-order valence-corrected chi connectivity index (χ0v) is 22.6. The summed E-state index contributed by atoms with van der Waals surface area (Å²) < 4.78 is 17.7. The first-order chi connectivity index (χ1) is 19.7. The van der Waals surface area contributed by atoms with Crippen molar-refractivity contribution in [3.8, 4) is 28.4 Å². The van der Waals surface area contributed by atoms with Crippen LogP contribution in [0.1, 0.15) is 24.0 Å². The Morgan fingerprint density at radius 3 is 2.85 bits per heavy atom. The van der Waals surface area contributed by atoms with Crippen LogP contribution in [0.2, 0.25) is 0 Å². The van der Waals surface area contributed by atoms with Crippen LogP contribution < -0.4 is 19.5 Å². The monoisotopic (exact) mass is 538 g/mol. The second-order valence-electron chi connectivity index (χ2n) is 10.4. The normalized spacial score (nSPS) is 18.5. The Hall–Kier alpha value is -4.30. The van der Waals surface area contributed by atoms with Crippen LogP contribution in [-0.2, 0) is 17.8 Å². The van der Waals surface area contributed by atoms with Gasteiger partial charge in [-0.3, -0.25) is 14.8 Å². The van der Waals surface area contributed by atoms with Crippen molar-refractivity contribution >= 4 is 11.6 Å². The first-order valence-corrected chi connectivity index (χ1v) is 13.8. The molecule has 1 saturated heterocycles. The Morgan fingerprint density at radius 1 is 1.12 bits per heavy atom. The number of likely N-dealkylation sites (tertiary alicyclic amines) is 1. The Labute approximate surface area is 234 Å². The number of nitrogens with one attached hydrogen (secondary N) is 2. The van der Waals surface area contributed by atoms with Crippen molar-refractivity contribution in [1.82, 2.24) is 15.1 Å². The van der Waals surface area contributed by atoms with Crippen LogP contribution in [0.15, 0.2) is 79.1 Å². The summed E-state index contributed by atoms with van der Waals surface area (Å²) in [7, 11) is 1.64. The number of aromatic nitrogens is 2. The van der Waals surface area contributed by atoms with Crippen molar-refractivity contribution in [1.29, 1.82) is 0 Å². The number of hydrogen-bond acceptors (Lipinski definition) is 6. The Morgan fingerprint density at radius 2 is 2.02 bits per heavy atom. The summed E-state index contributed by atoms with van der Waals surface area (Å²) in [4.78, 5) is 15.9. The van der Waals surface area contributed by atoms with Gasteiger partial charge in [-0.05, 0) is 72.8 Å². The lowest BCUT2D eigenvalue weighted by atomic mass is 9.95. The molecule has 2 atom stereocenters. The van der Waals surface area contributed by atoms with E-state index in [9.17, 15) is 4.79 Å². The highest BCUT2D eigenvalue weighted by atomic mass is 16.5. The third-order valence-corrected chi connectivity index (χ3v) is 7.77. The molecular formula is C32H34N4O4. The molecule has 0 unspecified atom stereocenters. The number of hydrogen-bond donors (Lipinski definition) is 2. The summed E-state index contributed by atoms with van der Waals surface area (Å²) in [5, 5.41) is 10.1. The van der Waals surface area contributed by atoms with Gasteiger partial charge in [-0.15, -0.1) is 0 Å². The van der Waals surface area contributed by atoms with E-state index in [-0.39, 0.29) is 11.8 Å². The van der Waals surface area contributed by atoms with E-state index in [0.717, 1.165) is 54.1 Å². The molecule has 4 aromatic rings. The molecule has 3 aromatic carbocycles. The zero-order chi connectivity index (χ0) is 27.3. The molecule has 206 valence electrons. The maximum atomic E-state index is 13.4. The minimum atomic E-state index is -0.322. The fourth-order valence-electron chi connectivity index (χ4n) is 5.53. The molecule has 8 nitrogen and oxygen atoms in total. The Bertz CT molecular complexity index is 1440. The number of ether oxygens (including phenoxy) is 3. The van der Waals surface area contributed by atoms with E-state index in [1.807, 2.05) is 48.7 Å². The van der Waals surface area contributed by atoms with Crippen LogP contribution in [0.4, 0.5) is 5.69 Å². The molecule has 1 aromatic heterocycles. The van der Waals surface area contributed by atoms with E-state index >= 15 is 0 Å². The molecule has 2 aliphatic heterocycles. The SMILES string of the molecule is COc1ccc2c(c1)C[C@@H](C(=O)Nc1ccc(-c3cn[nH]c3)cc1OC[C@@H]1CCCN1Cc1ccccc1)CO2. The minimum absolute atomic E-state index is 0.0963. The molecule has 0 radical (unpaired) electrons. The fourth-order valence-corrected chi connectivity index (χ4v) is 5.53. The molecule has 0 saturated carbocycles. The molecule has 6 rings (SSSR count). The summed E-state index contributed by atoms with van der Waals surface area (Å²) >= 11 is 0. The first kappa shape index (κ1) is 26.0. The van der Waals surface area contributed by atoms with Gasteiger partial charge in [0.2, 0.25) is 5.91 Å². The lowest BCUT2D eigenvalue weighted by Gasteiger charge is -2.26. The van der Waals surface area contributed by atoms with E-state index in [4.69, 9.17) is 14.2 Å². The van der Waals surface area contributed by atoms with Gasteiger partial charge < -0.3 is 19.5 Å². The van der Waals surface area contributed by atoms with Gasteiger partial charge in [0.1, 0.15) is 30.5 Å². The van der Waals surface area contributed by atoms with Gasteiger partial charge >= 0.3 is 0 Å². The molecule has 1 fully saturated rings. The van der Waals surface area contributed by atoms with Gasteiger partial charge in [0.25, 0.3) is 0 Å². The lowest BCUT2D eigenvalue weighted by molar-refractivity contribution is -0.121. The Kier molecular flexibility index (Phi) is 7.68. The van der Waals surface area contributed by atoms with E-state index in [1.54, 1.807) is 13.3 Å². The molecule has 3 heterocycles. The van der Waals surface area contributed by atoms with Crippen molar-refractivity contribution in [3.05, 3.63) is 90.3 Å². The fraction of sp³-hybridized carbons (Fsp3) is 0.312. The number of methoxy groups -OCH3 is 1. The molecule has 40 heavy (non-hydrogen) atoms. The number of anilines is 1. The largest absolute Gasteiger partial charge is 0.497 e. The quantitative estimate of drug-likeness (QED) is 0.300. The van der Waals surface area contributed by atoms with Crippen molar-refractivity contribution in [3.63, 3.8) is 0 Å². The minimum Gasteiger partial charge on any atom is -0.497 e. The van der Waals surface area contributed by atoms with Crippen LogP contribution in [-0.4, -0.2) is 53.9 Å². The molecule has 2 aliphatic rings. The average molecular weight is 539 g/mol. The summed E-state index contributed by atoms with van der Waals surface area (Å²) in [5.41, 5.74) is 4.86. The van der Waals surface area contributed by atoms with Crippen molar-refractivity contribution < 1.29 is 19.0 Å². The van der Waals surface area contributed by atoms with Crippen LogP contribution in [0.5, 0.6) is 17.2 Å². The molecule has 8 heteroatoms. The number of amides is 1. The lowest BCUT2D eigenvalue weighted by Crippen LogP contribution is -2.34. The highest BCUT2D eigenvalue weighted by Gasteiger charge is 2.28. The second kappa shape index (κ2) is 11.8. The van der Waals surface area contributed by atoms with Gasteiger partial charge in [-0.25, -0.2) is 0 Å².